The normalized spacial score (nSPS) is 21.6. The lowest BCUT2D eigenvalue weighted by Gasteiger charge is -2.35. The number of amides is 2. The standard InChI is InChI=1S/C17H20N4O3/c1-2-13(17(24)20-6-4-11(22)9-20)21-8-10-3-5-18-15-14(10)12(7-19-15)16(21)23/h3,5,7,11,13,22H,2,4,6,8-9H2,1H3,(H,18,19). The number of likely N-dealkylation sites (tertiary alicyclic amines) is 1. The summed E-state index contributed by atoms with van der Waals surface area (Å²) in [6.07, 6.45) is 4.08. The summed E-state index contributed by atoms with van der Waals surface area (Å²) in [5, 5.41) is 10.5. The van der Waals surface area contributed by atoms with Crippen molar-refractivity contribution in [1.82, 2.24) is 19.8 Å². The second-order valence-electron chi connectivity index (χ2n) is 6.48. The second kappa shape index (κ2) is 5.59. The predicted octanol–water partition coefficient (Wildman–Crippen LogP) is 0.890. The SMILES string of the molecule is CCC(C(=O)N1CCC(O)C1)N1Cc2ccnc3[nH]cc(c23)C1=O. The molecule has 24 heavy (non-hydrogen) atoms. The number of β-amino-alcohol motifs (C(OH)–C–C–N with tert-alkyl or cyclic N) is 1. The molecule has 2 amide bonds. The molecule has 2 aliphatic heterocycles. The van der Waals surface area contributed by atoms with Crippen molar-refractivity contribution < 1.29 is 14.7 Å². The highest BCUT2D eigenvalue weighted by atomic mass is 16.3. The molecular weight excluding hydrogens is 308 g/mol. The van der Waals surface area contributed by atoms with Gasteiger partial charge in [0.25, 0.3) is 5.91 Å². The number of carbonyl (C=O) groups is 2. The van der Waals surface area contributed by atoms with Crippen LogP contribution in [-0.2, 0) is 11.3 Å². The molecule has 2 aliphatic rings. The van der Waals surface area contributed by atoms with Crippen molar-refractivity contribution in [3.63, 3.8) is 0 Å². The minimum absolute atomic E-state index is 0.0771. The third kappa shape index (κ3) is 2.19. The molecule has 2 N–H and O–H groups in total. The average molecular weight is 328 g/mol. The van der Waals surface area contributed by atoms with Crippen molar-refractivity contribution in [3.8, 4) is 0 Å². The molecule has 0 aromatic carbocycles. The fraction of sp³-hybridized carbons (Fsp3) is 0.471. The summed E-state index contributed by atoms with van der Waals surface area (Å²) in [7, 11) is 0. The molecule has 2 aromatic rings. The van der Waals surface area contributed by atoms with Crippen LogP contribution < -0.4 is 0 Å². The largest absolute Gasteiger partial charge is 0.391 e. The first-order valence-electron chi connectivity index (χ1n) is 8.33. The molecule has 4 rings (SSSR count). The van der Waals surface area contributed by atoms with Gasteiger partial charge < -0.3 is 19.9 Å². The Balaban J connectivity index is 1.66. The van der Waals surface area contributed by atoms with E-state index in [0.717, 1.165) is 10.9 Å². The molecule has 0 spiro atoms. The third-order valence-electron chi connectivity index (χ3n) is 5.01. The van der Waals surface area contributed by atoms with Gasteiger partial charge in [0.05, 0.1) is 11.7 Å². The summed E-state index contributed by atoms with van der Waals surface area (Å²) < 4.78 is 0. The molecule has 1 fully saturated rings. The van der Waals surface area contributed by atoms with E-state index < -0.39 is 12.1 Å². The molecular formula is C17H20N4O3. The predicted molar refractivity (Wildman–Crippen MR) is 87.3 cm³/mol. The highest BCUT2D eigenvalue weighted by molar-refractivity contribution is 6.10. The van der Waals surface area contributed by atoms with Crippen molar-refractivity contribution in [2.45, 2.75) is 38.5 Å². The Bertz CT molecular complexity index is 815. The zero-order chi connectivity index (χ0) is 16.8. The van der Waals surface area contributed by atoms with Crippen LogP contribution in [0.1, 0.15) is 35.7 Å². The maximum atomic E-state index is 12.9. The molecule has 126 valence electrons. The van der Waals surface area contributed by atoms with Crippen molar-refractivity contribution >= 4 is 22.8 Å². The quantitative estimate of drug-likeness (QED) is 0.876. The van der Waals surface area contributed by atoms with Crippen molar-refractivity contribution in [1.29, 1.82) is 0 Å². The summed E-state index contributed by atoms with van der Waals surface area (Å²) in [6, 6.07) is 1.39. The average Bonchev–Trinajstić information content (AvgIpc) is 3.20. The van der Waals surface area contributed by atoms with E-state index in [9.17, 15) is 14.7 Å². The third-order valence-corrected chi connectivity index (χ3v) is 5.01. The second-order valence-corrected chi connectivity index (χ2v) is 6.48. The minimum Gasteiger partial charge on any atom is -0.391 e. The van der Waals surface area contributed by atoms with Crippen LogP contribution in [-0.4, -0.2) is 61.9 Å². The Labute approximate surface area is 139 Å². The fourth-order valence-corrected chi connectivity index (χ4v) is 3.77. The van der Waals surface area contributed by atoms with Gasteiger partial charge in [-0.05, 0) is 24.5 Å². The molecule has 2 atom stereocenters. The Hall–Kier alpha value is -2.41. The number of hydrogen-bond acceptors (Lipinski definition) is 4. The fourth-order valence-electron chi connectivity index (χ4n) is 3.77. The Morgan fingerprint density at radius 1 is 1.54 bits per heavy atom. The van der Waals surface area contributed by atoms with Gasteiger partial charge in [0, 0.05) is 37.4 Å². The molecule has 2 unspecified atom stereocenters. The first kappa shape index (κ1) is 15.1. The van der Waals surface area contributed by atoms with Crippen LogP contribution in [0, 0.1) is 0 Å². The first-order valence-corrected chi connectivity index (χ1v) is 8.33. The number of aromatic nitrogens is 2. The van der Waals surface area contributed by atoms with Gasteiger partial charge in [-0.3, -0.25) is 9.59 Å². The summed E-state index contributed by atoms with van der Waals surface area (Å²) in [5.41, 5.74) is 2.29. The van der Waals surface area contributed by atoms with E-state index in [1.807, 2.05) is 13.0 Å². The van der Waals surface area contributed by atoms with Gasteiger partial charge in [0.2, 0.25) is 5.91 Å². The Kier molecular flexibility index (Phi) is 3.53. The number of hydrogen-bond donors (Lipinski definition) is 2. The van der Waals surface area contributed by atoms with Gasteiger partial charge in [0.1, 0.15) is 11.7 Å². The van der Waals surface area contributed by atoms with Crippen LogP contribution in [0.15, 0.2) is 18.5 Å². The van der Waals surface area contributed by atoms with E-state index in [1.54, 1.807) is 22.2 Å². The van der Waals surface area contributed by atoms with Crippen LogP contribution in [0.2, 0.25) is 0 Å². The van der Waals surface area contributed by atoms with Crippen LogP contribution in [0.25, 0.3) is 11.0 Å². The maximum Gasteiger partial charge on any atom is 0.257 e. The zero-order valence-electron chi connectivity index (χ0n) is 13.5. The molecule has 0 bridgehead atoms. The Morgan fingerprint density at radius 2 is 2.38 bits per heavy atom. The number of pyridine rings is 1. The Morgan fingerprint density at radius 3 is 3.08 bits per heavy atom. The number of carbonyl (C=O) groups excluding carboxylic acids is 2. The van der Waals surface area contributed by atoms with E-state index in [0.29, 0.717) is 43.7 Å². The van der Waals surface area contributed by atoms with Crippen molar-refractivity contribution in [2.24, 2.45) is 0 Å². The molecule has 7 nitrogen and oxygen atoms in total. The van der Waals surface area contributed by atoms with Crippen LogP contribution in [0.3, 0.4) is 0 Å². The number of H-pyrrole nitrogens is 1. The van der Waals surface area contributed by atoms with Gasteiger partial charge >= 0.3 is 0 Å². The van der Waals surface area contributed by atoms with Crippen LogP contribution in [0.5, 0.6) is 0 Å². The molecule has 2 aromatic heterocycles. The monoisotopic (exact) mass is 328 g/mol. The molecule has 7 heteroatoms. The number of nitrogens with one attached hydrogen (secondary N) is 1. The van der Waals surface area contributed by atoms with E-state index >= 15 is 0 Å². The summed E-state index contributed by atoms with van der Waals surface area (Å²) in [5.74, 6) is -0.214. The van der Waals surface area contributed by atoms with E-state index in [-0.39, 0.29) is 11.8 Å². The van der Waals surface area contributed by atoms with Crippen LogP contribution in [0.4, 0.5) is 0 Å². The minimum atomic E-state index is -0.505. The van der Waals surface area contributed by atoms with Gasteiger partial charge in [0.15, 0.2) is 0 Å². The van der Waals surface area contributed by atoms with Gasteiger partial charge in [-0.15, -0.1) is 0 Å². The van der Waals surface area contributed by atoms with Crippen molar-refractivity contribution in [2.75, 3.05) is 13.1 Å². The number of aliphatic hydroxyl groups is 1. The highest BCUT2D eigenvalue weighted by Crippen LogP contribution is 2.30. The van der Waals surface area contributed by atoms with E-state index in [2.05, 4.69) is 9.97 Å². The zero-order valence-corrected chi connectivity index (χ0v) is 13.5. The topological polar surface area (TPSA) is 89.5 Å². The molecule has 1 saturated heterocycles. The van der Waals surface area contributed by atoms with Gasteiger partial charge in [-0.1, -0.05) is 6.92 Å². The van der Waals surface area contributed by atoms with Crippen LogP contribution >= 0.6 is 0 Å². The molecule has 0 radical (unpaired) electrons. The number of aromatic amines is 1. The molecule has 0 saturated carbocycles. The van der Waals surface area contributed by atoms with Gasteiger partial charge in [-0.25, -0.2) is 4.98 Å². The molecule has 4 heterocycles. The number of rotatable bonds is 3. The lowest BCUT2D eigenvalue weighted by Crippen LogP contribution is -2.51. The number of aliphatic hydroxyl groups excluding tert-OH is 1. The summed E-state index contributed by atoms with van der Waals surface area (Å²) in [6.45, 7) is 3.22. The lowest BCUT2D eigenvalue weighted by atomic mass is 10.00. The summed E-state index contributed by atoms with van der Waals surface area (Å²) in [4.78, 5) is 36.4. The smallest absolute Gasteiger partial charge is 0.257 e. The lowest BCUT2D eigenvalue weighted by molar-refractivity contribution is -0.135. The van der Waals surface area contributed by atoms with Gasteiger partial charge in [-0.2, -0.15) is 0 Å². The summed E-state index contributed by atoms with van der Waals surface area (Å²) >= 11 is 0. The highest BCUT2D eigenvalue weighted by Gasteiger charge is 2.38. The maximum absolute atomic E-state index is 12.9. The molecule has 0 aliphatic carbocycles. The number of nitrogens with zero attached hydrogens (tertiary/aromatic N) is 3. The van der Waals surface area contributed by atoms with Crippen molar-refractivity contribution in [3.05, 3.63) is 29.6 Å². The first-order chi connectivity index (χ1) is 11.6. The van der Waals surface area contributed by atoms with E-state index in [1.165, 1.54) is 0 Å². The van der Waals surface area contributed by atoms with E-state index in [4.69, 9.17) is 0 Å².